The molecule has 0 spiro atoms. The predicted molar refractivity (Wildman–Crippen MR) is 57.6 cm³/mol. The van der Waals surface area contributed by atoms with Crippen LogP contribution in [-0.4, -0.2) is 31.3 Å². The molecule has 0 aromatic carbocycles. The van der Waals surface area contributed by atoms with Crippen LogP contribution in [0.1, 0.15) is 5.69 Å². The lowest BCUT2D eigenvalue weighted by Gasteiger charge is -2.17. The highest BCUT2D eigenvalue weighted by molar-refractivity contribution is 5.37. The fraction of sp³-hybridized carbons (Fsp3) is 0.500. The van der Waals surface area contributed by atoms with Crippen molar-refractivity contribution in [1.82, 2.24) is 4.98 Å². The molecule has 1 atom stereocenters. The molecule has 1 aromatic heterocycles. The lowest BCUT2D eigenvalue weighted by Crippen LogP contribution is -2.33. The molecular formula is C10H14F3N3O. The van der Waals surface area contributed by atoms with Gasteiger partial charge in [0.1, 0.15) is 11.5 Å². The number of nitrogens with two attached hydrogens (primary N) is 1. The van der Waals surface area contributed by atoms with Crippen molar-refractivity contribution < 1.29 is 17.9 Å². The van der Waals surface area contributed by atoms with Crippen LogP contribution >= 0.6 is 0 Å². The van der Waals surface area contributed by atoms with Crippen LogP contribution in [0.4, 0.5) is 19.0 Å². The number of rotatable bonds is 5. The van der Waals surface area contributed by atoms with Crippen LogP contribution in [0.5, 0.6) is 0 Å². The van der Waals surface area contributed by atoms with Crippen LogP contribution in [0.15, 0.2) is 18.2 Å². The van der Waals surface area contributed by atoms with E-state index in [1.54, 1.807) is 0 Å². The molecule has 0 radical (unpaired) electrons. The van der Waals surface area contributed by atoms with Gasteiger partial charge in [-0.3, -0.25) is 0 Å². The van der Waals surface area contributed by atoms with E-state index < -0.39 is 11.9 Å². The second kappa shape index (κ2) is 5.83. The molecule has 7 heteroatoms. The van der Waals surface area contributed by atoms with Gasteiger partial charge in [0.15, 0.2) is 0 Å². The highest BCUT2D eigenvalue weighted by Gasteiger charge is 2.32. The highest BCUT2D eigenvalue weighted by Crippen LogP contribution is 2.28. The molecule has 1 unspecified atom stereocenters. The quantitative estimate of drug-likeness (QED) is 0.830. The molecule has 3 N–H and O–H groups in total. The average Bonchev–Trinajstić information content (AvgIpc) is 2.28. The zero-order valence-corrected chi connectivity index (χ0v) is 9.29. The standard InChI is InChI=1S/C10H14F3N3O/c1-17-6-7(5-14)15-9-4-2-3-8(16-9)10(11,12)13/h2-4,7H,5-6,14H2,1H3,(H,15,16). The summed E-state index contributed by atoms with van der Waals surface area (Å²) < 4.78 is 42.1. The molecule has 4 nitrogen and oxygen atoms in total. The van der Waals surface area contributed by atoms with Crippen molar-refractivity contribution in [3.05, 3.63) is 23.9 Å². The SMILES string of the molecule is COCC(CN)Nc1cccc(C(F)(F)F)n1. The van der Waals surface area contributed by atoms with Gasteiger partial charge < -0.3 is 15.8 Å². The van der Waals surface area contributed by atoms with Crippen molar-refractivity contribution in [2.45, 2.75) is 12.2 Å². The molecule has 0 aliphatic carbocycles. The normalized spacial score (nSPS) is 13.5. The molecule has 0 saturated carbocycles. The molecule has 96 valence electrons. The molecule has 0 fully saturated rings. The average molecular weight is 249 g/mol. The van der Waals surface area contributed by atoms with Crippen molar-refractivity contribution >= 4 is 5.82 Å². The number of aromatic nitrogens is 1. The van der Waals surface area contributed by atoms with Crippen molar-refractivity contribution in [3.8, 4) is 0 Å². The molecule has 1 aromatic rings. The van der Waals surface area contributed by atoms with E-state index in [9.17, 15) is 13.2 Å². The van der Waals surface area contributed by atoms with E-state index in [1.807, 2.05) is 0 Å². The lowest BCUT2D eigenvalue weighted by molar-refractivity contribution is -0.141. The van der Waals surface area contributed by atoms with E-state index in [1.165, 1.54) is 19.2 Å². The Morgan fingerprint density at radius 2 is 2.18 bits per heavy atom. The molecule has 1 heterocycles. The van der Waals surface area contributed by atoms with Gasteiger partial charge in [0.2, 0.25) is 0 Å². The summed E-state index contributed by atoms with van der Waals surface area (Å²) in [6, 6.07) is 3.39. The van der Waals surface area contributed by atoms with Gasteiger partial charge in [-0.05, 0) is 12.1 Å². The minimum Gasteiger partial charge on any atom is -0.383 e. The van der Waals surface area contributed by atoms with E-state index in [0.717, 1.165) is 6.07 Å². The van der Waals surface area contributed by atoms with Crippen LogP contribution in [0.2, 0.25) is 0 Å². The maximum atomic E-state index is 12.4. The van der Waals surface area contributed by atoms with E-state index >= 15 is 0 Å². The summed E-state index contributed by atoms with van der Waals surface area (Å²) >= 11 is 0. The summed E-state index contributed by atoms with van der Waals surface area (Å²) in [6.07, 6.45) is -4.45. The number of anilines is 1. The number of halogens is 3. The van der Waals surface area contributed by atoms with E-state index in [2.05, 4.69) is 10.3 Å². The Morgan fingerprint density at radius 1 is 1.47 bits per heavy atom. The molecule has 0 aliphatic rings. The fourth-order valence-corrected chi connectivity index (χ4v) is 1.25. The number of hydrogen-bond acceptors (Lipinski definition) is 4. The molecule has 0 saturated heterocycles. The molecule has 17 heavy (non-hydrogen) atoms. The number of pyridine rings is 1. The Balaban J connectivity index is 2.78. The Labute approximate surface area is 97.0 Å². The van der Waals surface area contributed by atoms with Gasteiger partial charge >= 0.3 is 6.18 Å². The number of nitrogens with zero attached hydrogens (tertiary/aromatic N) is 1. The smallest absolute Gasteiger partial charge is 0.383 e. The van der Waals surface area contributed by atoms with Gasteiger partial charge in [-0.15, -0.1) is 0 Å². The first kappa shape index (κ1) is 13.7. The predicted octanol–water partition coefficient (Wildman–Crippen LogP) is 1.49. The van der Waals surface area contributed by atoms with Crippen LogP contribution in [0.3, 0.4) is 0 Å². The maximum absolute atomic E-state index is 12.4. The summed E-state index contributed by atoms with van der Waals surface area (Å²) in [5, 5.41) is 2.78. The Morgan fingerprint density at radius 3 is 2.71 bits per heavy atom. The van der Waals surface area contributed by atoms with Crippen molar-refractivity contribution in [2.24, 2.45) is 5.73 Å². The summed E-state index contributed by atoms with van der Waals surface area (Å²) in [7, 11) is 1.49. The highest BCUT2D eigenvalue weighted by atomic mass is 19.4. The first-order valence-electron chi connectivity index (χ1n) is 4.97. The second-order valence-electron chi connectivity index (χ2n) is 3.44. The van der Waals surface area contributed by atoms with Crippen LogP contribution < -0.4 is 11.1 Å². The Kier molecular flexibility index (Phi) is 4.71. The lowest BCUT2D eigenvalue weighted by atomic mass is 10.3. The van der Waals surface area contributed by atoms with Crippen LogP contribution in [-0.2, 0) is 10.9 Å². The number of methoxy groups -OCH3 is 1. The van der Waals surface area contributed by atoms with Crippen LogP contribution in [0.25, 0.3) is 0 Å². The summed E-state index contributed by atoms with van der Waals surface area (Å²) in [5.41, 5.74) is 4.50. The summed E-state index contributed by atoms with van der Waals surface area (Å²) in [6.45, 7) is 0.542. The van der Waals surface area contributed by atoms with Gasteiger partial charge in [0.25, 0.3) is 0 Å². The van der Waals surface area contributed by atoms with E-state index in [0.29, 0.717) is 6.61 Å². The molecule has 1 rings (SSSR count). The van der Waals surface area contributed by atoms with E-state index in [4.69, 9.17) is 10.5 Å². The molecule has 0 amide bonds. The number of ether oxygens (including phenoxy) is 1. The topological polar surface area (TPSA) is 60.2 Å². The third-order valence-electron chi connectivity index (χ3n) is 2.04. The van der Waals surface area contributed by atoms with Gasteiger partial charge in [-0.25, -0.2) is 4.98 Å². The zero-order valence-electron chi connectivity index (χ0n) is 9.29. The first-order chi connectivity index (χ1) is 7.97. The van der Waals surface area contributed by atoms with Crippen molar-refractivity contribution in [3.63, 3.8) is 0 Å². The van der Waals surface area contributed by atoms with E-state index in [-0.39, 0.29) is 18.4 Å². The Hall–Kier alpha value is -1.34. The third kappa shape index (κ3) is 4.20. The van der Waals surface area contributed by atoms with Crippen molar-refractivity contribution in [2.75, 3.05) is 25.6 Å². The summed E-state index contributed by atoms with van der Waals surface area (Å²) in [4.78, 5) is 3.47. The van der Waals surface area contributed by atoms with Crippen molar-refractivity contribution in [1.29, 1.82) is 0 Å². The maximum Gasteiger partial charge on any atom is 0.433 e. The first-order valence-corrected chi connectivity index (χ1v) is 4.97. The fourth-order valence-electron chi connectivity index (χ4n) is 1.25. The monoisotopic (exact) mass is 249 g/mol. The van der Waals surface area contributed by atoms with Gasteiger partial charge in [-0.2, -0.15) is 13.2 Å². The second-order valence-corrected chi connectivity index (χ2v) is 3.44. The minimum atomic E-state index is -4.45. The molecule has 0 aliphatic heterocycles. The van der Waals surface area contributed by atoms with Gasteiger partial charge in [-0.1, -0.05) is 6.07 Å². The zero-order chi connectivity index (χ0) is 12.9. The van der Waals surface area contributed by atoms with Gasteiger partial charge in [0.05, 0.1) is 12.6 Å². The molecule has 0 bridgehead atoms. The van der Waals surface area contributed by atoms with Gasteiger partial charge in [0, 0.05) is 13.7 Å². The number of hydrogen-bond donors (Lipinski definition) is 2. The summed E-state index contributed by atoms with van der Waals surface area (Å²) in [5.74, 6) is 0.132. The largest absolute Gasteiger partial charge is 0.433 e. The third-order valence-corrected chi connectivity index (χ3v) is 2.04. The number of nitrogens with one attached hydrogen (secondary N) is 1. The number of alkyl halides is 3. The van der Waals surface area contributed by atoms with Crippen LogP contribution in [0, 0.1) is 0 Å². The molecular weight excluding hydrogens is 235 g/mol. The Bertz CT molecular complexity index is 357. The minimum absolute atomic E-state index is 0.132.